The van der Waals surface area contributed by atoms with Crippen LogP contribution in [0.1, 0.15) is 36.4 Å². The van der Waals surface area contributed by atoms with Crippen molar-refractivity contribution < 1.29 is 14.1 Å². The number of aromatic nitrogens is 2. The lowest BCUT2D eigenvalue weighted by atomic mass is 10.0. The molecule has 3 aromatic rings. The molecule has 0 aliphatic heterocycles. The van der Waals surface area contributed by atoms with Gasteiger partial charge in [0.1, 0.15) is 17.3 Å². The van der Waals surface area contributed by atoms with E-state index in [0.717, 1.165) is 0 Å². The molecule has 0 bridgehead atoms. The Morgan fingerprint density at radius 1 is 1.28 bits per heavy atom. The predicted octanol–water partition coefficient (Wildman–Crippen LogP) is 3.34. The fraction of sp³-hybridized carbons (Fsp3) is 0.238. The Hall–Kier alpha value is -3.68. The fourth-order valence-corrected chi connectivity index (χ4v) is 2.75. The lowest BCUT2D eigenvalue weighted by Gasteiger charge is -2.14. The van der Waals surface area contributed by atoms with Crippen molar-refractivity contribution in [1.82, 2.24) is 10.1 Å². The van der Waals surface area contributed by atoms with Gasteiger partial charge in [0.2, 0.25) is 5.91 Å². The van der Waals surface area contributed by atoms with Crippen molar-refractivity contribution in [3.05, 3.63) is 65.2 Å². The first-order valence-corrected chi connectivity index (χ1v) is 9.15. The summed E-state index contributed by atoms with van der Waals surface area (Å²) in [5.74, 6) is 1.16. The Kier molecular flexibility index (Phi) is 5.92. The van der Waals surface area contributed by atoms with Crippen molar-refractivity contribution in [3.8, 4) is 5.75 Å². The number of nitrogens with one attached hydrogen (secondary N) is 2. The highest BCUT2D eigenvalue weighted by Gasteiger charge is 2.14. The van der Waals surface area contributed by atoms with E-state index < -0.39 is 0 Å². The van der Waals surface area contributed by atoms with Gasteiger partial charge >= 0.3 is 0 Å². The van der Waals surface area contributed by atoms with E-state index in [4.69, 9.17) is 20.4 Å². The molecular weight excluding hydrogens is 370 g/mol. The molecule has 0 saturated carbocycles. The number of carbonyl (C=O) groups excluding carboxylic acids is 1. The van der Waals surface area contributed by atoms with Gasteiger partial charge in [0.15, 0.2) is 0 Å². The topological polar surface area (TPSA) is 127 Å². The van der Waals surface area contributed by atoms with Crippen LogP contribution in [0.2, 0.25) is 0 Å². The Morgan fingerprint density at radius 3 is 2.76 bits per heavy atom. The molecule has 29 heavy (non-hydrogen) atoms. The summed E-state index contributed by atoms with van der Waals surface area (Å²) in [6.45, 7) is 5.65. The standard InChI is InChI=1S/C21H23N5O3/c1-12(2)28-15-4-5-18(22)17(10-15)21(23)14-6-7-24-19(9-14)25-20(27)11-16-8-13(3)26-29-16/h4-10,12,23H,11,22H2,1-3H3,(H,24,25,27). The van der Waals surface area contributed by atoms with E-state index in [1.165, 1.54) is 6.20 Å². The number of anilines is 2. The molecule has 0 atom stereocenters. The summed E-state index contributed by atoms with van der Waals surface area (Å²) in [5.41, 5.74) is 8.57. The molecule has 2 aromatic heterocycles. The van der Waals surface area contributed by atoms with Crippen LogP contribution in [0.25, 0.3) is 0 Å². The van der Waals surface area contributed by atoms with Gasteiger partial charge in [0.05, 0.1) is 23.9 Å². The number of rotatable bonds is 7. The van der Waals surface area contributed by atoms with Crippen LogP contribution in [0.4, 0.5) is 11.5 Å². The van der Waals surface area contributed by atoms with Crippen molar-refractivity contribution in [2.75, 3.05) is 11.1 Å². The minimum absolute atomic E-state index is 0.0107. The maximum absolute atomic E-state index is 12.2. The number of aryl methyl sites for hydroxylation is 1. The number of nitrogen functional groups attached to an aromatic ring is 1. The lowest BCUT2D eigenvalue weighted by Crippen LogP contribution is -2.15. The van der Waals surface area contributed by atoms with E-state index in [2.05, 4.69) is 15.5 Å². The second-order valence-corrected chi connectivity index (χ2v) is 6.88. The van der Waals surface area contributed by atoms with E-state index in [0.29, 0.717) is 39.8 Å². The second-order valence-electron chi connectivity index (χ2n) is 6.88. The van der Waals surface area contributed by atoms with Gasteiger partial charge in [-0.15, -0.1) is 0 Å². The monoisotopic (exact) mass is 393 g/mol. The van der Waals surface area contributed by atoms with Crippen molar-refractivity contribution in [3.63, 3.8) is 0 Å². The number of ether oxygens (including phenoxy) is 1. The second kappa shape index (κ2) is 8.55. The number of amides is 1. The molecule has 0 radical (unpaired) electrons. The first-order valence-electron chi connectivity index (χ1n) is 9.15. The van der Waals surface area contributed by atoms with Crippen molar-refractivity contribution in [2.45, 2.75) is 33.3 Å². The van der Waals surface area contributed by atoms with Gasteiger partial charge in [0, 0.05) is 29.1 Å². The van der Waals surface area contributed by atoms with Gasteiger partial charge in [-0.2, -0.15) is 0 Å². The molecule has 0 aliphatic carbocycles. The molecule has 0 spiro atoms. The number of carbonyl (C=O) groups is 1. The Morgan fingerprint density at radius 2 is 2.07 bits per heavy atom. The van der Waals surface area contributed by atoms with Crippen LogP contribution >= 0.6 is 0 Å². The molecule has 1 amide bonds. The van der Waals surface area contributed by atoms with Gasteiger partial charge in [-0.3, -0.25) is 10.2 Å². The van der Waals surface area contributed by atoms with Gasteiger partial charge in [-0.05, 0) is 51.1 Å². The maximum atomic E-state index is 12.2. The zero-order valence-corrected chi connectivity index (χ0v) is 16.5. The molecule has 8 nitrogen and oxygen atoms in total. The normalized spacial score (nSPS) is 10.8. The van der Waals surface area contributed by atoms with Crippen LogP contribution in [-0.2, 0) is 11.2 Å². The smallest absolute Gasteiger partial charge is 0.233 e. The minimum Gasteiger partial charge on any atom is -0.491 e. The van der Waals surface area contributed by atoms with Gasteiger partial charge in [-0.1, -0.05) is 5.16 Å². The Labute approximate surface area is 168 Å². The molecule has 0 unspecified atom stereocenters. The molecule has 0 aliphatic rings. The summed E-state index contributed by atoms with van der Waals surface area (Å²) in [7, 11) is 0. The number of benzene rings is 1. The highest BCUT2D eigenvalue weighted by atomic mass is 16.5. The summed E-state index contributed by atoms with van der Waals surface area (Å²) in [6, 6.07) is 10.2. The zero-order valence-electron chi connectivity index (χ0n) is 16.5. The van der Waals surface area contributed by atoms with Crippen LogP contribution in [0.3, 0.4) is 0 Å². The Balaban J connectivity index is 1.76. The summed E-state index contributed by atoms with van der Waals surface area (Å²) < 4.78 is 10.7. The third kappa shape index (κ3) is 5.19. The largest absolute Gasteiger partial charge is 0.491 e. The lowest BCUT2D eigenvalue weighted by molar-refractivity contribution is -0.115. The molecule has 2 heterocycles. The highest BCUT2D eigenvalue weighted by Crippen LogP contribution is 2.24. The van der Waals surface area contributed by atoms with Crippen LogP contribution in [0.15, 0.2) is 47.1 Å². The average molecular weight is 393 g/mol. The van der Waals surface area contributed by atoms with Gasteiger partial charge in [0.25, 0.3) is 0 Å². The SMILES string of the molecule is Cc1cc(CC(=O)Nc2cc(C(=N)c3cc(OC(C)C)ccc3N)ccn2)on1. The molecule has 0 fully saturated rings. The number of nitrogens with zero attached hydrogens (tertiary/aromatic N) is 2. The minimum atomic E-state index is -0.288. The summed E-state index contributed by atoms with van der Waals surface area (Å²) in [6.07, 6.45) is 1.59. The number of hydrogen-bond acceptors (Lipinski definition) is 7. The highest BCUT2D eigenvalue weighted by molar-refractivity contribution is 6.14. The van der Waals surface area contributed by atoms with E-state index in [-0.39, 0.29) is 24.1 Å². The molecular formula is C21H23N5O3. The quantitative estimate of drug-likeness (QED) is 0.417. The first kappa shape index (κ1) is 20.1. The third-order valence-electron chi connectivity index (χ3n) is 3.99. The van der Waals surface area contributed by atoms with E-state index >= 15 is 0 Å². The van der Waals surface area contributed by atoms with E-state index in [1.54, 1.807) is 43.3 Å². The summed E-state index contributed by atoms with van der Waals surface area (Å²) >= 11 is 0. The van der Waals surface area contributed by atoms with E-state index in [9.17, 15) is 4.79 Å². The average Bonchev–Trinajstić information content (AvgIpc) is 3.07. The Bertz CT molecular complexity index is 1040. The summed E-state index contributed by atoms with van der Waals surface area (Å²) in [5, 5.41) is 15.0. The fourth-order valence-electron chi connectivity index (χ4n) is 2.75. The van der Waals surface area contributed by atoms with Gasteiger partial charge in [-0.25, -0.2) is 4.98 Å². The molecule has 1 aromatic carbocycles. The van der Waals surface area contributed by atoms with Crippen molar-refractivity contribution in [1.29, 1.82) is 5.41 Å². The van der Waals surface area contributed by atoms with Crippen LogP contribution < -0.4 is 15.8 Å². The zero-order chi connectivity index (χ0) is 21.0. The first-order chi connectivity index (χ1) is 13.8. The van der Waals surface area contributed by atoms with Crippen LogP contribution in [-0.4, -0.2) is 27.9 Å². The van der Waals surface area contributed by atoms with Crippen molar-refractivity contribution >= 4 is 23.1 Å². The molecule has 8 heteroatoms. The van der Waals surface area contributed by atoms with Crippen LogP contribution in [0, 0.1) is 12.3 Å². The third-order valence-corrected chi connectivity index (χ3v) is 3.99. The molecule has 4 N–H and O–H groups in total. The maximum Gasteiger partial charge on any atom is 0.233 e. The summed E-state index contributed by atoms with van der Waals surface area (Å²) in [4.78, 5) is 16.4. The number of hydrogen-bond donors (Lipinski definition) is 3. The van der Waals surface area contributed by atoms with Gasteiger partial charge < -0.3 is 20.3 Å². The van der Waals surface area contributed by atoms with Crippen LogP contribution in [0.5, 0.6) is 5.75 Å². The molecule has 150 valence electrons. The number of pyridine rings is 1. The molecule has 3 rings (SSSR count). The predicted molar refractivity (Wildman–Crippen MR) is 110 cm³/mol. The molecule has 0 saturated heterocycles. The van der Waals surface area contributed by atoms with E-state index in [1.807, 2.05) is 13.8 Å². The number of nitrogens with two attached hydrogens (primary N) is 1. The van der Waals surface area contributed by atoms with Crippen molar-refractivity contribution in [2.24, 2.45) is 0 Å².